The van der Waals surface area contributed by atoms with Crippen molar-refractivity contribution in [2.75, 3.05) is 33.0 Å². The van der Waals surface area contributed by atoms with Gasteiger partial charge < -0.3 is 20.1 Å². The van der Waals surface area contributed by atoms with E-state index >= 15 is 0 Å². The van der Waals surface area contributed by atoms with Crippen molar-refractivity contribution in [2.24, 2.45) is 5.73 Å². The Morgan fingerprint density at radius 3 is 1.32 bits per heavy atom. The molecule has 0 aromatic rings. The van der Waals surface area contributed by atoms with E-state index in [0.717, 1.165) is 57.8 Å². The van der Waals surface area contributed by atoms with Crippen molar-refractivity contribution in [3.63, 3.8) is 0 Å². The topological polar surface area (TPSA) is 117 Å². The molecular formula is C51H98NO7P. The number of ether oxygens (including phenoxy) is 2. The van der Waals surface area contributed by atoms with E-state index in [0.29, 0.717) is 13.0 Å². The maximum absolute atomic E-state index is 12.6. The third kappa shape index (κ3) is 47.8. The van der Waals surface area contributed by atoms with Crippen LogP contribution in [-0.2, 0) is 27.9 Å². The van der Waals surface area contributed by atoms with Crippen molar-refractivity contribution >= 4 is 13.8 Å². The Balaban J connectivity index is 3.96. The summed E-state index contributed by atoms with van der Waals surface area (Å²) >= 11 is 0. The number of hydrogen-bond acceptors (Lipinski definition) is 7. The van der Waals surface area contributed by atoms with Gasteiger partial charge in [0.1, 0.15) is 6.10 Å². The van der Waals surface area contributed by atoms with Gasteiger partial charge in [0, 0.05) is 19.6 Å². The summed E-state index contributed by atoms with van der Waals surface area (Å²) in [6.07, 6.45) is 57.4. The summed E-state index contributed by atoms with van der Waals surface area (Å²) < 4.78 is 33.6. The van der Waals surface area contributed by atoms with Crippen LogP contribution in [0.1, 0.15) is 245 Å². The average Bonchev–Trinajstić information content (AvgIpc) is 3.24. The summed E-state index contributed by atoms with van der Waals surface area (Å²) in [6.45, 7) is 4.94. The van der Waals surface area contributed by atoms with Crippen molar-refractivity contribution in [1.29, 1.82) is 0 Å². The molecule has 0 spiro atoms. The van der Waals surface area contributed by atoms with Gasteiger partial charge in [-0.05, 0) is 51.4 Å². The predicted octanol–water partition coefficient (Wildman–Crippen LogP) is 15.8. The quantitative estimate of drug-likeness (QED) is 0.0269. The predicted molar refractivity (Wildman–Crippen MR) is 256 cm³/mol. The van der Waals surface area contributed by atoms with Crippen LogP contribution in [0, 0.1) is 0 Å². The molecule has 0 fully saturated rings. The molecular weight excluding hydrogens is 770 g/mol. The second-order valence-electron chi connectivity index (χ2n) is 17.0. The molecule has 0 heterocycles. The van der Waals surface area contributed by atoms with Gasteiger partial charge in [-0.1, -0.05) is 224 Å². The minimum Gasteiger partial charge on any atom is -0.457 e. The SMILES string of the molecule is CCCCCCC/C=C\C/C=C\C/C=C\CCCCCCCCC(=O)OC(COCCCCCCCCCCCCCCCCCCCCCC)COP(=O)(O)OCCN. The standard InChI is InChI=1S/C51H98NO7P/c1-3-5-7-9-11-13-15-17-19-21-23-25-26-28-30-32-34-36-38-40-42-44-51(53)59-50(49-58-60(54,55)57-47-45-52)48-56-46-43-41-39-37-35-33-31-29-27-24-22-20-18-16-14-12-10-8-6-4-2/h15,17,21,23,26,28,50H,3-14,16,18-20,22,24-25,27,29-49,52H2,1-2H3,(H,54,55)/b17-15-,23-21-,28-26-. The largest absolute Gasteiger partial charge is 0.472 e. The van der Waals surface area contributed by atoms with Crippen LogP contribution in [-0.4, -0.2) is 49.9 Å². The second kappa shape index (κ2) is 48.7. The molecule has 2 atom stereocenters. The van der Waals surface area contributed by atoms with Gasteiger partial charge in [0.2, 0.25) is 0 Å². The fraction of sp³-hybridized carbons (Fsp3) is 0.863. The van der Waals surface area contributed by atoms with Crippen molar-refractivity contribution < 1.29 is 32.8 Å². The van der Waals surface area contributed by atoms with E-state index in [-0.39, 0.29) is 32.3 Å². The molecule has 9 heteroatoms. The van der Waals surface area contributed by atoms with Crippen LogP contribution in [0.25, 0.3) is 0 Å². The lowest BCUT2D eigenvalue weighted by atomic mass is 10.0. The van der Waals surface area contributed by atoms with E-state index in [9.17, 15) is 14.3 Å². The lowest BCUT2D eigenvalue weighted by Crippen LogP contribution is -2.28. The zero-order valence-electron chi connectivity index (χ0n) is 39.5. The first kappa shape index (κ1) is 58.7. The van der Waals surface area contributed by atoms with E-state index in [2.05, 4.69) is 50.3 Å². The molecule has 3 N–H and O–H groups in total. The normalized spacial score (nSPS) is 13.6. The Labute approximate surface area is 371 Å². The smallest absolute Gasteiger partial charge is 0.457 e. The minimum atomic E-state index is -4.28. The number of unbranched alkanes of at least 4 members (excludes halogenated alkanes) is 30. The van der Waals surface area contributed by atoms with Crippen LogP contribution in [0.4, 0.5) is 0 Å². The van der Waals surface area contributed by atoms with Crippen LogP contribution in [0.2, 0.25) is 0 Å². The van der Waals surface area contributed by atoms with Gasteiger partial charge >= 0.3 is 13.8 Å². The van der Waals surface area contributed by atoms with E-state index < -0.39 is 13.9 Å². The number of nitrogens with two attached hydrogens (primary N) is 1. The monoisotopic (exact) mass is 868 g/mol. The van der Waals surface area contributed by atoms with Gasteiger partial charge in [-0.15, -0.1) is 0 Å². The number of allylic oxidation sites excluding steroid dienone is 6. The summed E-state index contributed by atoms with van der Waals surface area (Å²) in [7, 11) is -4.28. The highest BCUT2D eigenvalue weighted by Gasteiger charge is 2.25. The van der Waals surface area contributed by atoms with Crippen LogP contribution in [0.15, 0.2) is 36.5 Å². The van der Waals surface area contributed by atoms with E-state index in [1.165, 1.54) is 167 Å². The molecule has 2 unspecified atom stereocenters. The first-order valence-electron chi connectivity index (χ1n) is 25.5. The molecule has 354 valence electrons. The average molecular weight is 868 g/mol. The number of phosphoric ester groups is 1. The number of rotatable bonds is 49. The molecule has 0 bridgehead atoms. The maximum atomic E-state index is 12.6. The molecule has 0 rings (SSSR count). The van der Waals surface area contributed by atoms with Crippen molar-refractivity contribution in [3.05, 3.63) is 36.5 Å². The molecule has 0 aromatic heterocycles. The van der Waals surface area contributed by atoms with Gasteiger partial charge in [0.15, 0.2) is 0 Å². The van der Waals surface area contributed by atoms with Crippen LogP contribution >= 0.6 is 7.82 Å². The summed E-state index contributed by atoms with van der Waals surface area (Å²) in [5.74, 6) is -0.338. The highest BCUT2D eigenvalue weighted by Crippen LogP contribution is 2.43. The zero-order chi connectivity index (χ0) is 43.7. The van der Waals surface area contributed by atoms with Crippen molar-refractivity contribution in [2.45, 2.75) is 251 Å². The molecule has 60 heavy (non-hydrogen) atoms. The van der Waals surface area contributed by atoms with E-state index in [1.807, 2.05) is 0 Å². The number of carbonyl (C=O) groups is 1. The summed E-state index contributed by atoms with van der Waals surface area (Å²) in [5, 5.41) is 0. The van der Waals surface area contributed by atoms with E-state index in [4.69, 9.17) is 24.3 Å². The fourth-order valence-electron chi connectivity index (χ4n) is 7.30. The van der Waals surface area contributed by atoms with Crippen LogP contribution in [0.5, 0.6) is 0 Å². The summed E-state index contributed by atoms with van der Waals surface area (Å²) in [6, 6.07) is 0. The lowest BCUT2D eigenvalue weighted by Gasteiger charge is -2.20. The molecule has 8 nitrogen and oxygen atoms in total. The van der Waals surface area contributed by atoms with Gasteiger partial charge in [-0.3, -0.25) is 13.8 Å². The Bertz CT molecular complexity index is 1020. The number of esters is 1. The molecule has 0 aliphatic rings. The first-order valence-corrected chi connectivity index (χ1v) is 27.0. The molecule has 0 saturated carbocycles. The number of carbonyl (C=O) groups excluding carboxylic acids is 1. The molecule has 0 saturated heterocycles. The van der Waals surface area contributed by atoms with Gasteiger partial charge in [-0.2, -0.15) is 0 Å². The molecule has 0 aliphatic carbocycles. The zero-order valence-corrected chi connectivity index (χ0v) is 40.3. The maximum Gasteiger partial charge on any atom is 0.472 e. The summed E-state index contributed by atoms with van der Waals surface area (Å²) in [4.78, 5) is 22.6. The van der Waals surface area contributed by atoms with Crippen LogP contribution in [0.3, 0.4) is 0 Å². The third-order valence-electron chi connectivity index (χ3n) is 11.1. The molecule has 0 aliphatic heterocycles. The highest BCUT2D eigenvalue weighted by molar-refractivity contribution is 7.47. The fourth-order valence-corrected chi connectivity index (χ4v) is 8.07. The Hall–Kier alpha value is -1.28. The first-order chi connectivity index (χ1) is 29.4. The Morgan fingerprint density at radius 2 is 0.883 bits per heavy atom. The second-order valence-corrected chi connectivity index (χ2v) is 18.5. The van der Waals surface area contributed by atoms with E-state index in [1.54, 1.807) is 0 Å². The number of phosphoric acid groups is 1. The molecule has 0 radical (unpaired) electrons. The number of hydrogen-bond donors (Lipinski definition) is 2. The van der Waals surface area contributed by atoms with Crippen molar-refractivity contribution in [3.8, 4) is 0 Å². The Morgan fingerprint density at radius 1 is 0.500 bits per heavy atom. The summed E-state index contributed by atoms with van der Waals surface area (Å²) in [5.41, 5.74) is 5.39. The van der Waals surface area contributed by atoms with Gasteiger partial charge in [0.05, 0.1) is 19.8 Å². The van der Waals surface area contributed by atoms with Crippen molar-refractivity contribution in [1.82, 2.24) is 0 Å². The molecule has 0 aromatic carbocycles. The minimum absolute atomic E-state index is 0.0971. The Kier molecular flexibility index (Phi) is 47.7. The van der Waals surface area contributed by atoms with Gasteiger partial charge in [-0.25, -0.2) is 4.57 Å². The van der Waals surface area contributed by atoms with Gasteiger partial charge in [0.25, 0.3) is 0 Å². The van der Waals surface area contributed by atoms with Crippen LogP contribution < -0.4 is 5.73 Å². The lowest BCUT2D eigenvalue weighted by molar-refractivity contribution is -0.154. The molecule has 0 amide bonds. The highest BCUT2D eigenvalue weighted by atomic mass is 31.2. The third-order valence-corrected chi connectivity index (χ3v) is 12.0.